The first-order valence-electron chi connectivity index (χ1n) is 13.4. The summed E-state index contributed by atoms with van der Waals surface area (Å²) in [6, 6.07) is 8.54. The number of fused-ring (bicyclic) bond motifs is 1. The van der Waals surface area contributed by atoms with Crippen LogP contribution in [0.1, 0.15) is 78.1 Å². The fraction of sp³-hybridized carbons (Fsp3) is 0.548. The molecule has 1 unspecified atom stereocenters. The van der Waals surface area contributed by atoms with E-state index in [1.807, 2.05) is 20.8 Å². The summed E-state index contributed by atoms with van der Waals surface area (Å²) in [6.45, 7) is 11.7. The fourth-order valence-corrected chi connectivity index (χ4v) is 5.62. The third-order valence-electron chi connectivity index (χ3n) is 7.90. The number of hydrogen-bond donors (Lipinski definition) is 1. The van der Waals surface area contributed by atoms with Gasteiger partial charge in [-0.3, -0.25) is 14.4 Å². The maximum Gasteiger partial charge on any atom is 0.338 e. The van der Waals surface area contributed by atoms with E-state index in [1.54, 1.807) is 56.3 Å². The Morgan fingerprint density at radius 3 is 2.18 bits per heavy atom. The lowest BCUT2D eigenvalue weighted by Gasteiger charge is -2.37. The molecule has 0 aliphatic heterocycles. The molecule has 0 bridgehead atoms. The van der Waals surface area contributed by atoms with Gasteiger partial charge in [0, 0.05) is 25.7 Å². The van der Waals surface area contributed by atoms with Gasteiger partial charge in [-0.1, -0.05) is 51.1 Å². The molecule has 0 spiro atoms. The van der Waals surface area contributed by atoms with Gasteiger partial charge in [0.2, 0.25) is 0 Å². The SMILES string of the molecule is CC(=O)OC1C[C@@H](OC(=O)c2ccccc2)/C(C)=C/[C@H]2[C@@H](OC(C)=O)[C@@H](C)C[C@]2(O)C(=O)/C(C)=C/CC1(C)C. The van der Waals surface area contributed by atoms with Crippen LogP contribution in [0.2, 0.25) is 0 Å². The summed E-state index contributed by atoms with van der Waals surface area (Å²) in [6.07, 6.45) is 1.81. The molecule has 0 amide bonds. The molecule has 1 saturated carbocycles. The number of carbonyl (C=O) groups is 4. The molecule has 8 nitrogen and oxygen atoms in total. The maximum atomic E-state index is 13.7. The van der Waals surface area contributed by atoms with E-state index in [9.17, 15) is 24.3 Å². The number of hydrogen-bond acceptors (Lipinski definition) is 8. The Morgan fingerprint density at radius 1 is 0.974 bits per heavy atom. The Kier molecular flexibility index (Phi) is 9.21. The lowest BCUT2D eigenvalue weighted by Crippen LogP contribution is -2.46. The minimum absolute atomic E-state index is 0.108. The second-order valence-corrected chi connectivity index (χ2v) is 11.6. The van der Waals surface area contributed by atoms with Crippen LogP contribution in [0.25, 0.3) is 0 Å². The van der Waals surface area contributed by atoms with Crippen LogP contribution in [0.5, 0.6) is 0 Å². The molecule has 6 atom stereocenters. The monoisotopic (exact) mass is 540 g/mol. The van der Waals surface area contributed by atoms with Crippen LogP contribution in [0, 0.1) is 17.3 Å². The zero-order chi connectivity index (χ0) is 29.1. The summed E-state index contributed by atoms with van der Waals surface area (Å²) in [7, 11) is 0. The molecule has 1 N–H and O–H groups in total. The van der Waals surface area contributed by atoms with Crippen molar-refractivity contribution in [3.8, 4) is 0 Å². The van der Waals surface area contributed by atoms with Crippen molar-refractivity contribution < 1.29 is 38.5 Å². The highest BCUT2D eigenvalue weighted by atomic mass is 16.6. The van der Waals surface area contributed by atoms with E-state index < -0.39 is 58.9 Å². The van der Waals surface area contributed by atoms with Gasteiger partial charge in [-0.25, -0.2) is 4.79 Å². The Balaban J connectivity index is 2.16. The van der Waals surface area contributed by atoms with Gasteiger partial charge in [0.15, 0.2) is 5.78 Å². The van der Waals surface area contributed by atoms with Crippen LogP contribution < -0.4 is 0 Å². The minimum atomic E-state index is -1.81. The van der Waals surface area contributed by atoms with Gasteiger partial charge in [0.05, 0.1) is 11.5 Å². The molecule has 1 aromatic carbocycles. The molecular formula is C31H40O8. The van der Waals surface area contributed by atoms with E-state index in [1.165, 1.54) is 13.8 Å². The van der Waals surface area contributed by atoms with Gasteiger partial charge in [0.1, 0.15) is 23.9 Å². The van der Waals surface area contributed by atoms with E-state index in [-0.39, 0.29) is 18.8 Å². The quantitative estimate of drug-likeness (QED) is 0.331. The number of rotatable bonds is 4. The zero-order valence-corrected chi connectivity index (χ0v) is 23.9. The number of aliphatic hydroxyl groups is 1. The van der Waals surface area contributed by atoms with Crippen LogP contribution in [-0.2, 0) is 28.6 Å². The predicted octanol–water partition coefficient (Wildman–Crippen LogP) is 4.74. The summed E-state index contributed by atoms with van der Waals surface area (Å²) in [5.74, 6) is -3.16. The Hall–Kier alpha value is -3.26. The number of allylic oxidation sites excluding steroid dienone is 1. The average Bonchev–Trinajstić information content (AvgIpc) is 3.09. The first-order valence-corrected chi connectivity index (χ1v) is 13.4. The van der Waals surface area contributed by atoms with E-state index >= 15 is 0 Å². The first kappa shape index (κ1) is 30.3. The van der Waals surface area contributed by atoms with E-state index in [0.717, 1.165) is 0 Å². The summed E-state index contributed by atoms with van der Waals surface area (Å²) in [4.78, 5) is 50.9. The van der Waals surface area contributed by atoms with Crippen molar-refractivity contribution in [2.24, 2.45) is 17.3 Å². The second kappa shape index (κ2) is 11.9. The fourth-order valence-electron chi connectivity index (χ4n) is 5.62. The number of Topliss-reactive ketones (excluding diaryl/α,β-unsaturated/α-hetero) is 1. The number of ether oxygens (including phenoxy) is 3. The van der Waals surface area contributed by atoms with Gasteiger partial charge in [0.25, 0.3) is 0 Å². The maximum absolute atomic E-state index is 13.7. The molecule has 0 radical (unpaired) electrons. The van der Waals surface area contributed by atoms with Crippen molar-refractivity contribution in [1.29, 1.82) is 0 Å². The van der Waals surface area contributed by atoms with Crippen molar-refractivity contribution in [2.45, 2.75) is 91.6 Å². The van der Waals surface area contributed by atoms with Gasteiger partial charge < -0.3 is 19.3 Å². The lowest BCUT2D eigenvalue weighted by atomic mass is 9.76. The molecule has 8 heteroatoms. The largest absolute Gasteiger partial charge is 0.462 e. The molecule has 39 heavy (non-hydrogen) atoms. The molecule has 3 rings (SSSR count). The lowest BCUT2D eigenvalue weighted by molar-refractivity contribution is -0.154. The summed E-state index contributed by atoms with van der Waals surface area (Å²) >= 11 is 0. The highest BCUT2D eigenvalue weighted by molar-refractivity contribution is 6.02. The predicted molar refractivity (Wildman–Crippen MR) is 145 cm³/mol. The van der Waals surface area contributed by atoms with Gasteiger partial charge in [-0.05, 0) is 55.9 Å². The molecule has 212 valence electrons. The highest BCUT2D eigenvalue weighted by Gasteiger charge is 2.56. The van der Waals surface area contributed by atoms with Crippen molar-refractivity contribution in [3.05, 3.63) is 59.2 Å². The molecule has 0 aromatic heterocycles. The van der Waals surface area contributed by atoms with Crippen molar-refractivity contribution in [1.82, 2.24) is 0 Å². The van der Waals surface area contributed by atoms with Crippen LogP contribution in [-0.4, -0.2) is 52.7 Å². The van der Waals surface area contributed by atoms with Crippen molar-refractivity contribution in [3.63, 3.8) is 0 Å². The Labute approximate surface area is 230 Å². The Bertz CT molecular complexity index is 1160. The van der Waals surface area contributed by atoms with E-state index in [2.05, 4.69) is 0 Å². The average molecular weight is 541 g/mol. The summed E-state index contributed by atoms with van der Waals surface area (Å²) in [5.41, 5.74) is -1.15. The van der Waals surface area contributed by atoms with Gasteiger partial charge in [-0.15, -0.1) is 0 Å². The number of carbonyl (C=O) groups excluding carboxylic acids is 4. The molecule has 1 fully saturated rings. The number of benzene rings is 1. The third-order valence-corrected chi connectivity index (χ3v) is 7.90. The van der Waals surface area contributed by atoms with E-state index in [4.69, 9.17) is 14.2 Å². The molecular weight excluding hydrogens is 500 g/mol. The summed E-state index contributed by atoms with van der Waals surface area (Å²) < 4.78 is 17.3. The van der Waals surface area contributed by atoms with Crippen LogP contribution in [0.3, 0.4) is 0 Å². The number of esters is 3. The molecule has 1 aromatic rings. The number of ketones is 1. The molecule has 0 heterocycles. The van der Waals surface area contributed by atoms with Crippen molar-refractivity contribution in [2.75, 3.05) is 0 Å². The topological polar surface area (TPSA) is 116 Å². The molecule has 2 aliphatic rings. The zero-order valence-electron chi connectivity index (χ0n) is 23.9. The summed E-state index contributed by atoms with van der Waals surface area (Å²) in [5, 5.41) is 11.8. The third kappa shape index (κ3) is 6.85. The van der Waals surface area contributed by atoms with Gasteiger partial charge >= 0.3 is 17.9 Å². The van der Waals surface area contributed by atoms with Crippen LogP contribution >= 0.6 is 0 Å². The minimum Gasteiger partial charge on any atom is -0.462 e. The molecule has 0 saturated heterocycles. The highest BCUT2D eigenvalue weighted by Crippen LogP contribution is 2.46. The van der Waals surface area contributed by atoms with Crippen molar-refractivity contribution >= 4 is 23.7 Å². The van der Waals surface area contributed by atoms with E-state index in [0.29, 0.717) is 23.1 Å². The Morgan fingerprint density at radius 2 is 1.59 bits per heavy atom. The van der Waals surface area contributed by atoms with Crippen LogP contribution in [0.4, 0.5) is 0 Å². The van der Waals surface area contributed by atoms with Gasteiger partial charge in [-0.2, -0.15) is 0 Å². The molecule has 2 aliphatic carbocycles. The normalized spacial score (nSPS) is 33.6. The second-order valence-electron chi connectivity index (χ2n) is 11.6. The smallest absolute Gasteiger partial charge is 0.338 e. The first-order chi connectivity index (χ1) is 18.2. The standard InChI is InChI=1S/C31H40O8/c1-18-13-14-30(6,7)26(37-21(4)32)16-25(39-29(35)23-11-9-8-10-12-23)19(2)15-24-27(38-22(5)33)20(3)17-31(24,36)28(18)34/h8-13,15,20,24-27,36H,14,16-17H2,1-7H3/b18-13+,19-15+/t20-,24-,25+,26?,27-,31+/m0/s1. The van der Waals surface area contributed by atoms with Crippen LogP contribution in [0.15, 0.2) is 53.6 Å².